The lowest BCUT2D eigenvalue weighted by Gasteiger charge is -2.30. The second kappa shape index (κ2) is 18.4. The predicted octanol–water partition coefficient (Wildman–Crippen LogP) is 6.96. The van der Waals surface area contributed by atoms with Crippen molar-refractivity contribution in [2.45, 2.75) is 84.2 Å². The first-order valence-corrected chi connectivity index (χ1v) is 23.8. The van der Waals surface area contributed by atoms with Gasteiger partial charge in [0.25, 0.3) is 0 Å². The number of aromatic amines is 2. The normalized spacial score (nSPS) is 19.4. The Morgan fingerprint density at radius 2 is 1.14 bits per heavy atom. The average molecular weight is 955 g/mol. The number of benzene rings is 3. The first kappa shape index (κ1) is 46.2. The summed E-state index contributed by atoms with van der Waals surface area (Å²) in [6, 6.07) is 17.4. The van der Waals surface area contributed by atoms with Gasteiger partial charge in [-0.25, -0.2) is 24.4 Å². The molecule has 1 spiro atoms. The molecule has 6 heterocycles. The number of hydrogen-bond donors (Lipinski definition) is 4. The molecule has 4 N–H and O–H groups in total. The van der Waals surface area contributed by atoms with E-state index < -0.39 is 30.3 Å². The van der Waals surface area contributed by atoms with E-state index in [0.29, 0.717) is 37.0 Å². The van der Waals surface area contributed by atoms with Crippen LogP contribution in [0.15, 0.2) is 73.1 Å². The number of carbonyl (C=O) groups excluding carboxylic acids is 5. The molecule has 5 aliphatic rings. The van der Waals surface area contributed by atoms with E-state index in [1.807, 2.05) is 87.3 Å². The number of rotatable bonds is 11. The molecule has 19 nitrogen and oxygen atoms in total. The number of likely N-dealkylation sites (tertiary alicyclic amines) is 1. The van der Waals surface area contributed by atoms with E-state index in [0.717, 1.165) is 69.9 Å². The lowest BCUT2D eigenvalue weighted by atomic mass is 10.0. The van der Waals surface area contributed by atoms with Crippen LogP contribution in [-0.2, 0) is 32.2 Å². The fraction of sp³-hybridized carbons (Fsp3) is 0.431. The van der Waals surface area contributed by atoms with Gasteiger partial charge in [-0.15, -0.1) is 0 Å². The minimum absolute atomic E-state index is 0.00766. The van der Waals surface area contributed by atoms with E-state index in [4.69, 9.17) is 28.9 Å². The van der Waals surface area contributed by atoms with Gasteiger partial charge in [0.2, 0.25) is 18.6 Å². The largest absolute Gasteiger partial charge is 0.454 e. The summed E-state index contributed by atoms with van der Waals surface area (Å²) in [6.45, 7) is 9.26. The Hall–Kier alpha value is -7.57. The topological polar surface area (TPSA) is 217 Å². The van der Waals surface area contributed by atoms with E-state index in [-0.39, 0.29) is 61.1 Å². The molecular weight excluding hydrogens is 897 g/mol. The van der Waals surface area contributed by atoms with Gasteiger partial charge in [-0.1, -0.05) is 76.2 Å². The quantitative estimate of drug-likeness (QED) is 0.106. The van der Waals surface area contributed by atoms with Crippen LogP contribution in [-0.4, -0.2) is 122 Å². The molecule has 2 aromatic heterocycles. The second-order valence-corrected chi connectivity index (χ2v) is 19.7. The van der Waals surface area contributed by atoms with Crippen LogP contribution in [0.25, 0.3) is 33.6 Å². The molecule has 1 aliphatic carbocycles. The molecule has 1 saturated carbocycles. The fourth-order valence-electron chi connectivity index (χ4n) is 10.2. The molecule has 0 bridgehead atoms. The molecule has 366 valence electrons. The standard InChI is InChI=1S/C51H58N10O9/c1-28(2)42(56-48(64)67-5)46(62)60-25-51(15-16-51)19-38(60)44-52-20-36(54-44)32-11-7-30(8-12-32)31-9-13-33(14-10-31)37-21-53-45(55-37)39-24-59(26-61(39)47(63)43(29(3)4)57-49(65)68-6)50(66)58-22-34-17-40-41(70-27-69-40)18-35(34)23-58/h7-14,17-18,20-21,28-29,38-39,42-43H,15-16,19,22-27H2,1-6H3,(H,52,54)(H,53,55)(H,56,64)(H,57,65)/t38-,39?,42-,43-/m0/s1. The number of H-pyrrole nitrogens is 2. The molecule has 5 aromatic rings. The molecular formula is C51H58N10O9. The summed E-state index contributed by atoms with van der Waals surface area (Å²) in [4.78, 5) is 90.3. The monoisotopic (exact) mass is 954 g/mol. The van der Waals surface area contributed by atoms with Crippen LogP contribution in [0, 0.1) is 17.3 Å². The SMILES string of the molecule is COC(=O)N[C@H](C(=O)N1CN(C(=O)N2Cc3cc4c(cc3C2)OCO4)CC1c1ncc(-c2ccc(-c3ccc(-c4cnc([C@@H]5CC6(CC6)CN5C(=O)[C@@H](NC(=O)OC)C(C)C)[nH]4)cc3)cc2)[nH]1)C(C)C. The van der Waals surface area contributed by atoms with Gasteiger partial charge in [0.05, 0.1) is 57.3 Å². The van der Waals surface area contributed by atoms with Crippen molar-refractivity contribution < 1.29 is 42.9 Å². The zero-order valence-corrected chi connectivity index (χ0v) is 40.1. The van der Waals surface area contributed by atoms with Gasteiger partial charge >= 0.3 is 18.2 Å². The average Bonchev–Trinajstić information content (AvgIpc) is 4.11. The number of imidazole rings is 2. The summed E-state index contributed by atoms with van der Waals surface area (Å²) in [5.41, 5.74) is 7.48. The van der Waals surface area contributed by atoms with Crippen LogP contribution >= 0.6 is 0 Å². The van der Waals surface area contributed by atoms with Crippen molar-refractivity contribution in [3.8, 4) is 45.1 Å². The van der Waals surface area contributed by atoms with E-state index in [9.17, 15) is 24.0 Å². The predicted molar refractivity (Wildman–Crippen MR) is 254 cm³/mol. The van der Waals surface area contributed by atoms with Crippen molar-refractivity contribution in [3.05, 3.63) is 95.8 Å². The molecule has 4 aliphatic heterocycles. The van der Waals surface area contributed by atoms with Gasteiger partial charge in [-0.05, 0) is 82.0 Å². The lowest BCUT2D eigenvalue weighted by molar-refractivity contribution is -0.136. The van der Waals surface area contributed by atoms with Gasteiger partial charge in [-0.3, -0.25) is 9.59 Å². The number of methoxy groups -OCH3 is 2. The molecule has 1 unspecified atom stereocenters. The number of urea groups is 1. The summed E-state index contributed by atoms with van der Waals surface area (Å²) < 4.78 is 20.8. The Morgan fingerprint density at radius 3 is 1.61 bits per heavy atom. The fourth-order valence-corrected chi connectivity index (χ4v) is 10.2. The highest BCUT2D eigenvalue weighted by molar-refractivity contribution is 5.88. The number of ether oxygens (including phenoxy) is 4. The Kier molecular flexibility index (Phi) is 12.1. The maximum Gasteiger partial charge on any atom is 0.407 e. The number of fused-ring (bicyclic) bond motifs is 2. The first-order valence-electron chi connectivity index (χ1n) is 23.8. The maximum absolute atomic E-state index is 14.3. The summed E-state index contributed by atoms with van der Waals surface area (Å²) in [5, 5.41) is 5.43. The van der Waals surface area contributed by atoms with E-state index in [1.165, 1.54) is 14.2 Å². The summed E-state index contributed by atoms with van der Waals surface area (Å²) in [7, 11) is 2.54. The Morgan fingerprint density at radius 1 is 0.671 bits per heavy atom. The van der Waals surface area contributed by atoms with Crippen LogP contribution in [0.5, 0.6) is 11.5 Å². The van der Waals surface area contributed by atoms with E-state index in [2.05, 4.69) is 32.7 Å². The highest BCUT2D eigenvalue weighted by atomic mass is 16.7. The number of nitrogens with zero attached hydrogens (tertiary/aromatic N) is 6. The molecule has 4 atom stereocenters. The zero-order valence-electron chi connectivity index (χ0n) is 40.1. The van der Waals surface area contributed by atoms with Crippen LogP contribution in [0.2, 0.25) is 0 Å². The summed E-state index contributed by atoms with van der Waals surface area (Å²) in [6.07, 6.45) is 5.14. The molecule has 3 fully saturated rings. The Balaban J connectivity index is 0.832. The van der Waals surface area contributed by atoms with Gasteiger partial charge in [0.1, 0.15) is 29.8 Å². The van der Waals surface area contributed by atoms with Gasteiger partial charge in [-0.2, -0.15) is 0 Å². The first-order chi connectivity index (χ1) is 33.7. The van der Waals surface area contributed by atoms with Crippen molar-refractivity contribution in [1.82, 2.24) is 50.2 Å². The third-order valence-electron chi connectivity index (χ3n) is 14.4. The van der Waals surface area contributed by atoms with Crippen molar-refractivity contribution in [2.24, 2.45) is 17.3 Å². The molecule has 3 aromatic carbocycles. The number of hydrogen-bond acceptors (Lipinski definition) is 11. The van der Waals surface area contributed by atoms with Crippen molar-refractivity contribution in [2.75, 3.05) is 40.8 Å². The highest BCUT2D eigenvalue weighted by Crippen LogP contribution is 2.58. The Labute approximate surface area is 405 Å². The minimum Gasteiger partial charge on any atom is -0.454 e. The summed E-state index contributed by atoms with van der Waals surface area (Å²) in [5.74, 6) is 1.66. The number of nitrogens with one attached hydrogen (secondary N) is 4. The molecule has 19 heteroatoms. The zero-order chi connectivity index (χ0) is 49.0. The van der Waals surface area contributed by atoms with Gasteiger partial charge < -0.3 is 59.1 Å². The number of amides is 6. The molecule has 0 radical (unpaired) electrons. The lowest BCUT2D eigenvalue weighted by Crippen LogP contribution is -2.52. The maximum atomic E-state index is 14.3. The molecule has 2 saturated heterocycles. The smallest absolute Gasteiger partial charge is 0.407 e. The number of aromatic nitrogens is 4. The molecule has 70 heavy (non-hydrogen) atoms. The van der Waals surface area contributed by atoms with E-state index in [1.54, 1.807) is 20.9 Å². The third-order valence-corrected chi connectivity index (χ3v) is 14.4. The Bertz CT molecular complexity index is 2790. The number of alkyl carbamates (subject to hydrolysis) is 2. The second-order valence-electron chi connectivity index (χ2n) is 19.7. The van der Waals surface area contributed by atoms with Crippen LogP contribution in [0.1, 0.15) is 81.8 Å². The third kappa shape index (κ3) is 8.83. The van der Waals surface area contributed by atoms with Crippen LogP contribution in [0.3, 0.4) is 0 Å². The van der Waals surface area contributed by atoms with Crippen molar-refractivity contribution in [3.63, 3.8) is 0 Å². The number of carbonyl (C=O) groups is 5. The minimum atomic E-state index is -0.909. The van der Waals surface area contributed by atoms with Crippen molar-refractivity contribution in [1.29, 1.82) is 0 Å². The van der Waals surface area contributed by atoms with Crippen LogP contribution < -0.4 is 20.1 Å². The molecule has 6 amide bonds. The van der Waals surface area contributed by atoms with Gasteiger partial charge in [0, 0.05) is 19.6 Å². The molecule has 10 rings (SSSR count). The van der Waals surface area contributed by atoms with E-state index >= 15 is 0 Å². The van der Waals surface area contributed by atoms with Crippen molar-refractivity contribution >= 4 is 30.0 Å². The highest BCUT2D eigenvalue weighted by Gasteiger charge is 2.55. The van der Waals surface area contributed by atoms with Crippen LogP contribution in [0.4, 0.5) is 14.4 Å². The summed E-state index contributed by atoms with van der Waals surface area (Å²) >= 11 is 0. The van der Waals surface area contributed by atoms with Gasteiger partial charge in [0.15, 0.2) is 11.5 Å².